The smallest absolute Gasteiger partial charge is 0.0602 e. The zero-order valence-electron chi connectivity index (χ0n) is 5.46. The first-order valence-electron chi connectivity index (χ1n) is 4.06. The second-order valence-electron chi connectivity index (χ2n) is 3.96. The third kappa shape index (κ3) is 0.389. The molecule has 1 nitrogen and oxygen atoms in total. The molecule has 3 saturated carbocycles. The Bertz CT molecular complexity index is 140. The SMILES string of the molecule is O[C@@H]1[C@H]2CC[C@H]2[C@H]2C[C@@H]12. The third-order valence-corrected chi connectivity index (χ3v) is 3.70. The van der Waals surface area contributed by atoms with E-state index in [-0.39, 0.29) is 6.10 Å². The van der Waals surface area contributed by atoms with Crippen LogP contribution in [0.4, 0.5) is 0 Å². The molecule has 0 unspecified atom stereocenters. The lowest BCUT2D eigenvalue weighted by Gasteiger charge is -2.34. The first-order valence-corrected chi connectivity index (χ1v) is 4.06. The van der Waals surface area contributed by atoms with Crippen molar-refractivity contribution < 1.29 is 5.11 Å². The van der Waals surface area contributed by atoms with Crippen LogP contribution < -0.4 is 0 Å². The number of hydrogen-bond donors (Lipinski definition) is 1. The highest BCUT2D eigenvalue weighted by molar-refractivity contribution is 5.11. The maximum absolute atomic E-state index is 9.53. The van der Waals surface area contributed by atoms with E-state index in [1.807, 2.05) is 0 Å². The molecule has 1 N–H and O–H groups in total. The Morgan fingerprint density at radius 2 is 1.67 bits per heavy atom. The number of hydrogen-bond acceptors (Lipinski definition) is 1. The summed E-state index contributed by atoms with van der Waals surface area (Å²) in [7, 11) is 0. The molecule has 3 fully saturated rings. The Balaban J connectivity index is 1.92. The van der Waals surface area contributed by atoms with E-state index < -0.39 is 0 Å². The molecule has 3 aliphatic rings. The van der Waals surface area contributed by atoms with E-state index in [1.54, 1.807) is 0 Å². The van der Waals surface area contributed by atoms with E-state index in [0.717, 1.165) is 23.7 Å². The van der Waals surface area contributed by atoms with Crippen LogP contribution in [0.5, 0.6) is 0 Å². The number of aliphatic hydroxyl groups is 1. The molecule has 0 spiro atoms. The minimum Gasteiger partial charge on any atom is -0.393 e. The molecule has 3 aliphatic carbocycles. The van der Waals surface area contributed by atoms with Crippen LogP contribution in [0.25, 0.3) is 0 Å². The molecule has 0 bridgehead atoms. The van der Waals surface area contributed by atoms with Crippen molar-refractivity contribution in [3.63, 3.8) is 0 Å². The quantitative estimate of drug-likeness (QED) is 0.511. The van der Waals surface area contributed by atoms with Gasteiger partial charge in [-0.15, -0.1) is 0 Å². The van der Waals surface area contributed by atoms with Gasteiger partial charge in [0.1, 0.15) is 0 Å². The van der Waals surface area contributed by atoms with Gasteiger partial charge in [-0.2, -0.15) is 0 Å². The molecule has 0 saturated heterocycles. The summed E-state index contributed by atoms with van der Waals surface area (Å²) in [6.45, 7) is 0. The maximum atomic E-state index is 9.53. The number of aliphatic hydroxyl groups excluding tert-OH is 1. The van der Waals surface area contributed by atoms with Crippen LogP contribution >= 0.6 is 0 Å². The molecule has 0 aromatic heterocycles. The molecule has 0 aliphatic heterocycles. The highest BCUT2D eigenvalue weighted by atomic mass is 16.3. The van der Waals surface area contributed by atoms with Gasteiger partial charge >= 0.3 is 0 Å². The Labute approximate surface area is 55.1 Å². The molecule has 0 aromatic carbocycles. The van der Waals surface area contributed by atoms with Crippen molar-refractivity contribution in [2.75, 3.05) is 0 Å². The van der Waals surface area contributed by atoms with Gasteiger partial charge in [0.15, 0.2) is 0 Å². The van der Waals surface area contributed by atoms with Crippen molar-refractivity contribution >= 4 is 0 Å². The first-order chi connectivity index (χ1) is 4.38. The van der Waals surface area contributed by atoms with Crippen molar-refractivity contribution in [3.05, 3.63) is 0 Å². The van der Waals surface area contributed by atoms with E-state index in [0.29, 0.717) is 0 Å². The Morgan fingerprint density at radius 3 is 2.00 bits per heavy atom. The second kappa shape index (κ2) is 1.20. The molecule has 5 atom stereocenters. The fourth-order valence-corrected chi connectivity index (χ4v) is 2.95. The van der Waals surface area contributed by atoms with Crippen LogP contribution in [-0.4, -0.2) is 11.2 Å². The molecule has 9 heavy (non-hydrogen) atoms. The lowest BCUT2D eigenvalue weighted by atomic mass is 9.72. The zero-order chi connectivity index (χ0) is 6.01. The molecule has 0 aromatic rings. The minimum absolute atomic E-state index is 0.119. The highest BCUT2D eigenvalue weighted by Crippen LogP contribution is 2.65. The standard InChI is InChI=1S/C8H12O/c9-8-5-2-1-4(5)6-3-7(6)8/h4-9H,1-3H2/t4-,5+,6-,7-,8-/m1/s1. The fourth-order valence-electron chi connectivity index (χ4n) is 2.95. The summed E-state index contributed by atoms with van der Waals surface area (Å²) in [5.41, 5.74) is 0. The first kappa shape index (κ1) is 4.73. The molecule has 50 valence electrons. The molecule has 0 amide bonds. The monoisotopic (exact) mass is 124 g/mol. The molecule has 0 heterocycles. The Kier molecular flexibility index (Phi) is 0.628. The summed E-state index contributed by atoms with van der Waals surface area (Å²) in [6.07, 6.45) is 4.21. The van der Waals surface area contributed by atoms with Crippen molar-refractivity contribution in [2.45, 2.75) is 25.4 Å². The van der Waals surface area contributed by atoms with Gasteiger partial charge in [-0.25, -0.2) is 0 Å². The summed E-state index contributed by atoms with van der Waals surface area (Å²) in [5.74, 6) is 3.43. The van der Waals surface area contributed by atoms with Crippen LogP contribution in [0.2, 0.25) is 0 Å². The van der Waals surface area contributed by atoms with Gasteiger partial charge in [0.05, 0.1) is 6.10 Å². The second-order valence-corrected chi connectivity index (χ2v) is 3.96. The van der Waals surface area contributed by atoms with Crippen molar-refractivity contribution in [3.8, 4) is 0 Å². The van der Waals surface area contributed by atoms with E-state index in [9.17, 15) is 5.11 Å². The van der Waals surface area contributed by atoms with Crippen LogP contribution in [-0.2, 0) is 0 Å². The Hall–Kier alpha value is -0.0400. The summed E-state index contributed by atoms with van der Waals surface area (Å²) >= 11 is 0. The summed E-state index contributed by atoms with van der Waals surface area (Å²) in [4.78, 5) is 0. The van der Waals surface area contributed by atoms with Crippen LogP contribution in [0.15, 0.2) is 0 Å². The lowest BCUT2D eigenvalue weighted by Crippen LogP contribution is -2.31. The maximum Gasteiger partial charge on any atom is 0.0602 e. The topological polar surface area (TPSA) is 20.2 Å². The van der Waals surface area contributed by atoms with Gasteiger partial charge in [0.2, 0.25) is 0 Å². The summed E-state index contributed by atoms with van der Waals surface area (Å²) < 4.78 is 0. The normalized spacial score (nSPS) is 68.3. The predicted octanol–water partition coefficient (Wildman–Crippen LogP) is 1.02. The van der Waals surface area contributed by atoms with Gasteiger partial charge in [0, 0.05) is 0 Å². The number of rotatable bonds is 0. The van der Waals surface area contributed by atoms with E-state index in [2.05, 4.69) is 0 Å². The molecular weight excluding hydrogens is 112 g/mol. The van der Waals surface area contributed by atoms with E-state index in [4.69, 9.17) is 0 Å². The van der Waals surface area contributed by atoms with Crippen LogP contribution in [0.1, 0.15) is 19.3 Å². The highest BCUT2D eigenvalue weighted by Gasteiger charge is 2.62. The zero-order valence-corrected chi connectivity index (χ0v) is 5.46. The largest absolute Gasteiger partial charge is 0.393 e. The van der Waals surface area contributed by atoms with Gasteiger partial charge in [0.25, 0.3) is 0 Å². The molecular formula is C8H12O. The fraction of sp³-hybridized carbons (Fsp3) is 1.00. The van der Waals surface area contributed by atoms with Gasteiger partial charge in [-0.1, -0.05) is 0 Å². The van der Waals surface area contributed by atoms with E-state index in [1.165, 1.54) is 19.3 Å². The minimum atomic E-state index is 0.119. The van der Waals surface area contributed by atoms with Gasteiger partial charge in [-0.05, 0) is 42.9 Å². The van der Waals surface area contributed by atoms with E-state index >= 15 is 0 Å². The average Bonchev–Trinajstić information content (AvgIpc) is 2.38. The molecule has 0 radical (unpaired) electrons. The van der Waals surface area contributed by atoms with Crippen molar-refractivity contribution in [1.29, 1.82) is 0 Å². The predicted molar refractivity (Wildman–Crippen MR) is 33.8 cm³/mol. The van der Waals surface area contributed by atoms with Crippen molar-refractivity contribution in [2.24, 2.45) is 23.7 Å². The summed E-state index contributed by atoms with van der Waals surface area (Å²) in [5, 5.41) is 9.53. The number of fused-ring (bicyclic) bond motifs is 3. The van der Waals surface area contributed by atoms with Crippen LogP contribution in [0.3, 0.4) is 0 Å². The molecule has 3 rings (SSSR count). The van der Waals surface area contributed by atoms with Crippen molar-refractivity contribution in [1.82, 2.24) is 0 Å². The third-order valence-electron chi connectivity index (χ3n) is 3.70. The average molecular weight is 124 g/mol. The lowest BCUT2D eigenvalue weighted by molar-refractivity contribution is 0.0378. The summed E-state index contributed by atoms with van der Waals surface area (Å²) in [6, 6.07) is 0. The molecule has 1 heteroatoms. The van der Waals surface area contributed by atoms with Gasteiger partial charge < -0.3 is 5.11 Å². The van der Waals surface area contributed by atoms with Crippen LogP contribution in [0, 0.1) is 23.7 Å². The van der Waals surface area contributed by atoms with Gasteiger partial charge in [-0.3, -0.25) is 0 Å². The Morgan fingerprint density at radius 1 is 0.889 bits per heavy atom.